The van der Waals surface area contributed by atoms with Gasteiger partial charge in [0.25, 0.3) is 0 Å². The van der Waals surface area contributed by atoms with E-state index in [-0.39, 0.29) is 36.0 Å². The van der Waals surface area contributed by atoms with Gasteiger partial charge in [-0.1, -0.05) is 200 Å². The number of unbranched alkanes of at least 4 members (excludes halogenated alkanes) is 29. The summed E-state index contributed by atoms with van der Waals surface area (Å²) in [6, 6.07) is 0. The maximum absolute atomic E-state index is 11.1. The first-order valence-electron chi connectivity index (χ1n) is 19.7. The summed E-state index contributed by atoms with van der Waals surface area (Å²) in [5.74, 6) is -2.61. The molecule has 0 saturated carbocycles. The average Bonchev–Trinajstić information content (AvgIpc) is 3.03. The Kier molecular flexibility index (Phi) is 48.5. The van der Waals surface area contributed by atoms with Crippen molar-refractivity contribution in [1.82, 2.24) is 0 Å². The van der Waals surface area contributed by atoms with Crippen molar-refractivity contribution < 1.29 is 58.9 Å². The van der Waals surface area contributed by atoms with Crippen LogP contribution in [0.1, 0.15) is 219 Å². The number of esters is 1. The summed E-state index contributed by atoms with van der Waals surface area (Å²) in [4.78, 5) is 31.6. The molecule has 0 spiro atoms. The average molecular weight is 675 g/mol. The Morgan fingerprint density at radius 1 is 0.468 bits per heavy atom. The molecule has 6 nitrogen and oxygen atoms in total. The fourth-order valence-corrected chi connectivity index (χ4v) is 5.65. The molecule has 0 aromatic heterocycles. The smallest absolute Gasteiger partial charge is 0.550 e. The largest absolute Gasteiger partial charge is 1.00 e. The number of carbonyl (C=O) groups is 3. The van der Waals surface area contributed by atoms with Crippen LogP contribution in [0, 0.1) is 0 Å². The van der Waals surface area contributed by atoms with Crippen LogP contribution < -0.4 is 34.7 Å². The fourth-order valence-electron chi connectivity index (χ4n) is 5.65. The molecule has 0 aliphatic heterocycles. The fraction of sp³-hybridized carbons (Fsp3) is 0.875. The number of carboxylic acids is 2. The molecule has 0 bridgehead atoms. The standard InChI is InChI=1S/C22H40O4.C18H36O2.Na/c1-2-3-4-5-6-7-8-9-10-11-12-13-14-15-16-17-20-26-22(25)19-18-21(23)24;1-2-3-4-5-6-7-8-9-10-11-12-13-14-15-16-17-18(19)20;/h18-19H,2-17,20H2,1H3,(H,23,24);2-17H2,1H3,(H,19,20);/q;;+1/p-1/b19-18+;;. The van der Waals surface area contributed by atoms with E-state index in [0.717, 1.165) is 37.8 Å². The van der Waals surface area contributed by atoms with E-state index in [1.54, 1.807) is 0 Å². The molecule has 0 saturated heterocycles. The molecule has 0 amide bonds. The summed E-state index contributed by atoms with van der Waals surface area (Å²) in [7, 11) is 0. The zero-order valence-corrected chi connectivity index (χ0v) is 33.5. The van der Waals surface area contributed by atoms with Crippen molar-refractivity contribution in [2.45, 2.75) is 219 Å². The van der Waals surface area contributed by atoms with Crippen LogP contribution in [0.25, 0.3) is 0 Å². The quantitative estimate of drug-likeness (QED) is 0.0313. The molecule has 0 unspecified atom stereocenters. The van der Waals surface area contributed by atoms with Crippen molar-refractivity contribution in [2.75, 3.05) is 6.61 Å². The third-order valence-electron chi connectivity index (χ3n) is 8.59. The molecule has 0 rings (SSSR count). The maximum atomic E-state index is 11.1. The van der Waals surface area contributed by atoms with Crippen molar-refractivity contribution in [3.63, 3.8) is 0 Å². The molecule has 272 valence electrons. The molecule has 0 aliphatic carbocycles. The Hall–Kier alpha value is -0.850. The molecule has 47 heavy (non-hydrogen) atoms. The van der Waals surface area contributed by atoms with E-state index >= 15 is 0 Å². The van der Waals surface area contributed by atoms with Crippen LogP contribution in [0.15, 0.2) is 12.2 Å². The van der Waals surface area contributed by atoms with E-state index in [9.17, 15) is 19.5 Å². The number of hydrogen-bond acceptors (Lipinski definition) is 5. The first-order valence-corrected chi connectivity index (χ1v) is 19.7. The van der Waals surface area contributed by atoms with Gasteiger partial charge in [0.2, 0.25) is 0 Å². The number of rotatable bonds is 35. The van der Waals surface area contributed by atoms with E-state index in [1.165, 1.54) is 173 Å². The number of carbonyl (C=O) groups excluding carboxylic acids is 2. The van der Waals surface area contributed by atoms with Gasteiger partial charge in [0.05, 0.1) is 6.61 Å². The second kappa shape index (κ2) is 45.2. The third kappa shape index (κ3) is 52.1. The van der Waals surface area contributed by atoms with Gasteiger partial charge in [0.15, 0.2) is 0 Å². The van der Waals surface area contributed by atoms with Gasteiger partial charge >= 0.3 is 41.5 Å². The Bertz CT molecular complexity index is 682. The van der Waals surface area contributed by atoms with Gasteiger partial charge in [0, 0.05) is 18.1 Å². The van der Waals surface area contributed by atoms with Crippen LogP contribution in [0.4, 0.5) is 0 Å². The zero-order chi connectivity index (χ0) is 34.2. The van der Waals surface area contributed by atoms with Crippen molar-refractivity contribution in [3.05, 3.63) is 12.2 Å². The molecule has 7 heteroatoms. The molecule has 0 aromatic rings. The van der Waals surface area contributed by atoms with Crippen molar-refractivity contribution in [3.8, 4) is 0 Å². The van der Waals surface area contributed by atoms with E-state index in [4.69, 9.17) is 9.84 Å². The predicted molar refractivity (Wildman–Crippen MR) is 192 cm³/mol. The third-order valence-corrected chi connectivity index (χ3v) is 8.59. The first kappa shape index (κ1) is 50.5. The number of carboxylic acid groups (broad SMARTS) is 2. The van der Waals surface area contributed by atoms with Crippen LogP contribution in [0.2, 0.25) is 0 Å². The molecule has 0 aliphatic rings. The zero-order valence-electron chi connectivity index (χ0n) is 31.5. The van der Waals surface area contributed by atoms with E-state index < -0.39 is 17.9 Å². The normalized spacial score (nSPS) is 10.8. The first-order chi connectivity index (χ1) is 22.4. The summed E-state index contributed by atoms with van der Waals surface area (Å²) in [6.07, 6.45) is 42.6. The van der Waals surface area contributed by atoms with Crippen molar-refractivity contribution in [2.24, 2.45) is 0 Å². The van der Waals surface area contributed by atoms with Crippen LogP contribution in [0.3, 0.4) is 0 Å². The molecular formula is C40H75NaO6. The molecule has 0 aromatic carbocycles. The summed E-state index contributed by atoms with van der Waals surface area (Å²) in [5, 5.41) is 18.6. The second-order valence-electron chi connectivity index (χ2n) is 13.2. The number of ether oxygens (including phenoxy) is 1. The predicted octanol–water partition coefficient (Wildman–Crippen LogP) is 8.43. The summed E-state index contributed by atoms with van der Waals surface area (Å²) in [5.41, 5.74) is 0. The van der Waals surface area contributed by atoms with Gasteiger partial charge in [-0.25, -0.2) is 9.59 Å². The number of aliphatic carboxylic acids is 2. The summed E-state index contributed by atoms with van der Waals surface area (Å²) < 4.78 is 4.92. The second-order valence-corrected chi connectivity index (χ2v) is 13.2. The molecule has 0 fully saturated rings. The van der Waals surface area contributed by atoms with Crippen LogP contribution in [0.5, 0.6) is 0 Å². The Morgan fingerprint density at radius 2 is 0.745 bits per heavy atom. The van der Waals surface area contributed by atoms with Gasteiger partial charge in [0.1, 0.15) is 0 Å². The van der Waals surface area contributed by atoms with Crippen molar-refractivity contribution >= 4 is 17.9 Å². The van der Waals surface area contributed by atoms with Gasteiger partial charge in [-0.15, -0.1) is 0 Å². The monoisotopic (exact) mass is 675 g/mol. The van der Waals surface area contributed by atoms with Crippen LogP contribution in [-0.2, 0) is 19.1 Å². The van der Waals surface area contributed by atoms with Crippen LogP contribution in [-0.4, -0.2) is 29.6 Å². The molecule has 0 heterocycles. The Morgan fingerprint density at radius 3 is 1.02 bits per heavy atom. The maximum Gasteiger partial charge on any atom is 1.00 e. The minimum absolute atomic E-state index is 0. The minimum Gasteiger partial charge on any atom is -0.550 e. The molecule has 0 radical (unpaired) electrons. The van der Waals surface area contributed by atoms with Gasteiger partial charge in [-0.2, -0.15) is 0 Å². The van der Waals surface area contributed by atoms with E-state index in [2.05, 4.69) is 13.8 Å². The summed E-state index contributed by atoms with van der Waals surface area (Å²) in [6.45, 7) is 4.91. The van der Waals surface area contributed by atoms with Crippen molar-refractivity contribution in [1.29, 1.82) is 0 Å². The Balaban J connectivity index is -0.000000833. The Labute approximate surface area is 313 Å². The van der Waals surface area contributed by atoms with E-state index in [0.29, 0.717) is 6.61 Å². The minimum atomic E-state index is -1.13. The topological polar surface area (TPSA) is 104 Å². The summed E-state index contributed by atoms with van der Waals surface area (Å²) >= 11 is 0. The van der Waals surface area contributed by atoms with E-state index in [1.807, 2.05) is 0 Å². The van der Waals surface area contributed by atoms with Gasteiger partial charge < -0.3 is 19.7 Å². The van der Waals surface area contributed by atoms with Gasteiger partial charge in [-0.3, -0.25) is 0 Å². The van der Waals surface area contributed by atoms with Gasteiger partial charge in [-0.05, 0) is 19.3 Å². The SMILES string of the molecule is CCCCCCCCCCCCCCCCCC(=O)[O-].CCCCCCCCCCCCCCCCCCOC(=O)/C=C/C(=O)O.[Na+]. The molecule has 0 atom stereocenters. The molecular weight excluding hydrogens is 599 g/mol. The molecule has 1 N–H and O–H groups in total. The van der Waals surface area contributed by atoms with Crippen LogP contribution >= 0.6 is 0 Å². The number of hydrogen-bond donors (Lipinski definition) is 1.